The SMILES string of the molecule is C=C(C)/C=C(/C1=C(CCCC)C(C)OC1)c1ccccc1. The molecule has 0 aliphatic carbocycles. The highest BCUT2D eigenvalue weighted by molar-refractivity contribution is 5.82. The Morgan fingerprint density at radius 3 is 2.67 bits per heavy atom. The van der Waals surface area contributed by atoms with Gasteiger partial charge in [-0.25, -0.2) is 0 Å². The van der Waals surface area contributed by atoms with E-state index in [1.165, 1.54) is 35.1 Å². The molecule has 0 bridgehead atoms. The van der Waals surface area contributed by atoms with Gasteiger partial charge in [-0.2, -0.15) is 0 Å². The number of allylic oxidation sites excluding steroid dienone is 2. The lowest BCUT2D eigenvalue weighted by Crippen LogP contribution is -2.03. The van der Waals surface area contributed by atoms with E-state index in [9.17, 15) is 0 Å². The van der Waals surface area contributed by atoms with Crippen molar-refractivity contribution >= 4 is 5.57 Å². The second kappa shape index (κ2) is 7.42. The van der Waals surface area contributed by atoms with Crippen molar-refractivity contribution in [3.05, 3.63) is 65.3 Å². The normalized spacial score (nSPS) is 19.2. The van der Waals surface area contributed by atoms with Gasteiger partial charge in [0.2, 0.25) is 0 Å². The van der Waals surface area contributed by atoms with Crippen LogP contribution in [0.4, 0.5) is 0 Å². The quantitative estimate of drug-likeness (QED) is 0.621. The van der Waals surface area contributed by atoms with E-state index in [1.54, 1.807) is 0 Å². The summed E-state index contributed by atoms with van der Waals surface area (Å²) in [4.78, 5) is 0. The molecule has 1 aliphatic rings. The Kier molecular flexibility index (Phi) is 5.58. The van der Waals surface area contributed by atoms with Crippen molar-refractivity contribution in [1.29, 1.82) is 0 Å². The Morgan fingerprint density at radius 2 is 2.05 bits per heavy atom. The average molecular weight is 282 g/mol. The maximum absolute atomic E-state index is 5.91. The van der Waals surface area contributed by atoms with Crippen LogP contribution < -0.4 is 0 Å². The van der Waals surface area contributed by atoms with Crippen LogP contribution in [0.3, 0.4) is 0 Å². The van der Waals surface area contributed by atoms with Crippen molar-refractivity contribution in [2.45, 2.75) is 46.1 Å². The summed E-state index contributed by atoms with van der Waals surface area (Å²) in [6.45, 7) is 11.2. The zero-order valence-corrected chi connectivity index (χ0v) is 13.5. The van der Waals surface area contributed by atoms with Gasteiger partial charge < -0.3 is 4.74 Å². The van der Waals surface area contributed by atoms with Crippen molar-refractivity contribution in [3.63, 3.8) is 0 Å². The summed E-state index contributed by atoms with van der Waals surface area (Å²) >= 11 is 0. The molecule has 1 atom stereocenters. The molecule has 1 nitrogen and oxygen atoms in total. The molecule has 1 unspecified atom stereocenters. The number of unbranched alkanes of at least 4 members (excludes halogenated alkanes) is 1. The molecule has 0 N–H and O–H groups in total. The molecule has 112 valence electrons. The second-order valence-electron chi connectivity index (χ2n) is 5.83. The Morgan fingerprint density at radius 1 is 1.33 bits per heavy atom. The lowest BCUT2D eigenvalue weighted by Gasteiger charge is -2.13. The first-order valence-electron chi connectivity index (χ1n) is 7.90. The molecular weight excluding hydrogens is 256 g/mol. The molecule has 0 fully saturated rings. The van der Waals surface area contributed by atoms with Crippen LogP contribution in [0.15, 0.2) is 59.7 Å². The molecule has 1 heterocycles. The fourth-order valence-electron chi connectivity index (χ4n) is 2.83. The maximum Gasteiger partial charge on any atom is 0.0768 e. The summed E-state index contributed by atoms with van der Waals surface area (Å²) in [5, 5.41) is 0. The molecule has 0 radical (unpaired) electrons. The lowest BCUT2D eigenvalue weighted by molar-refractivity contribution is 0.132. The molecule has 2 rings (SSSR count). The van der Waals surface area contributed by atoms with Crippen LogP contribution in [0.2, 0.25) is 0 Å². The van der Waals surface area contributed by atoms with Gasteiger partial charge in [-0.3, -0.25) is 0 Å². The largest absolute Gasteiger partial charge is 0.369 e. The van der Waals surface area contributed by atoms with Gasteiger partial charge in [-0.05, 0) is 49.0 Å². The maximum atomic E-state index is 5.91. The third kappa shape index (κ3) is 3.95. The van der Waals surface area contributed by atoms with Gasteiger partial charge in [0.15, 0.2) is 0 Å². The van der Waals surface area contributed by atoms with Gasteiger partial charge in [0.05, 0.1) is 12.7 Å². The predicted molar refractivity (Wildman–Crippen MR) is 91.2 cm³/mol. The van der Waals surface area contributed by atoms with E-state index in [2.05, 4.69) is 63.8 Å². The van der Waals surface area contributed by atoms with E-state index < -0.39 is 0 Å². The minimum atomic E-state index is 0.240. The van der Waals surface area contributed by atoms with Gasteiger partial charge in [0, 0.05) is 0 Å². The molecular formula is C20H26O. The Balaban J connectivity index is 2.45. The fraction of sp³-hybridized carbons (Fsp3) is 0.400. The fourth-order valence-corrected chi connectivity index (χ4v) is 2.83. The van der Waals surface area contributed by atoms with Crippen molar-refractivity contribution in [2.75, 3.05) is 6.61 Å². The molecule has 1 aromatic rings. The van der Waals surface area contributed by atoms with E-state index >= 15 is 0 Å². The highest BCUT2D eigenvalue weighted by Gasteiger charge is 2.24. The summed E-state index contributed by atoms with van der Waals surface area (Å²) < 4.78 is 5.91. The molecule has 0 aromatic heterocycles. The third-order valence-electron chi connectivity index (χ3n) is 3.96. The topological polar surface area (TPSA) is 9.23 Å². The minimum Gasteiger partial charge on any atom is -0.369 e. The number of benzene rings is 1. The van der Waals surface area contributed by atoms with Crippen molar-refractivity contribution in [1.82, 2.24) is 0 Å². The highest BCUT2D eigenvalue weighted by atomic mass is 16.5. The van der Waals surface area contributed by atoms with Crippen LogP contribution >= 0.6 is 0 Å². The molecule has 21 heavy (non-hydrogen) atoms. The third-order valence-corrected chi connectivity index (χ3v) is 3.96. The Labute approximate surface area is 129 Å². The number of ether oxygens (including phenoxy) is 1. The van der Waals surface area contributed by atoms with E-state index in [0.717, 1.165) is 12.0 Å². The monoisotopic (exact) mass is 282 g/mol. The van der Waals surface area contributed by atoms with Crippen LogP contribution in [-0.4, -0.2) is 12.7 Å². The van der Waals surface area contributed by atoms with E-state index in [-0.39, 0.29) is 6.10 Å². The molecule has 1 heteroatoms. The Bertz CT molecular complexity index is 548. The number of hydrogen-bond acceptors (Lipinski definition) is 1. The van der Waals surface area contributed by atoms with Crippen LogP contribution in [-0.2, 0) is 4.74 Å². The van der Waals surface area contributed by atoms with Gasteiger partial charge in [0.1, 0.15) is 0 Å². The van der Waals surface area contributed by atoms with Gasteiger partial charge >= 0.3 is 0 Å². The molecule has 0 amide bonds. The van der Waals surface area contributed by atoms with E-state index in [0.29, 0.717) is 6.61 Å². The highest BCUT2D eigenvalue weighted by Crippen LogP contribution is 2.35. The number of hydrogen-bond donors (Lipinski definition) is 0. The van der Waals surface area contributed by atoms with Crippen molar-refractivity contribution in [3.8, 4) is 0 Å². The molecule has 1 aliphatic heterocycles. The summed E-state index contributed by atoms with van der Waals surface area (Å²) in [6.07, 6.45) is 6.00. The van der Waals surface area contributed by atoms with E-state index in [4.69, 9.17) is 4.74 Å². The van der Waals surface area contributed by atoms with Crippen LogP contribution in [0, 0.1) is 0 Å². The van der Waals surface area contributed by atoms with Gasteiger partial charge in [-0.1, -0.05) is 61.9 Å². The predicted octanol–water partition coefficient (Wildman–Crippen LogP) is 5.55. The second-order valence-corrected chi connectivity index (χ2v) is 5.83. The Hall–Kier alpha value is -1.60. The average Bonchev–Trinajstić information content (AvgIpc) is 2.84. The van der Waals surface area contributed by atoms with Crippen LogP contribution in [0.1, 0.15) is 45.6 Å². The van der Waals surface area contributed by atoms with Crippen molar-refractivity contribution < 1.29 is 4.74 Å². The lowest BCUT2D eigenvalue weighted by atomic mass is 9.90. The van der Waals surface area contributed by atoms with Crippen molar-refractivity contribution in [2.24, 2.45) is 0 Å². The van der Waals surface area contributed by atoms with E-state index in [1.807, 2.05) is 0 Å². The molecule has 0 saturated heterocycles. The summed E-state index contributed by atoms with van der Waals surface area (Å²) in [7, 11) is 0. The zero-order chi connectivity index (χ0) is 15.2. The summed E-state index contributed by atoms with van der Waals surface area (Å²) in [5.74, 6) is 0. The first-order valence-corrected chi connectivity index (χ1v) is 7.90. The number of rotatable bonds is 6. The molecule has 0 saturated carbocycles. The van der Waals surface area contributed by atoms with Crippen LogP contribution in [0.5, 0.6) is 0 Å². The molecule has 0 spiro atoms. The standard InChI is InChI=1S/C20H26O/c1-5-6-12-18-16(4)21-14-20(18)19(13-15(2)3)17-10-8-7-9-11-17/h7-11,13,16H,2,5-6,12,14H2,1,3-4H3/b19-13+. The summed E-state index contributed by atoms with van der Waals surface area (Å²) in [6, 6.07) is 10.6. The summed E-state index contributed by atoms with van der Waals surface area (Å²) in [5.41, 5.74) is 6.44. The molecule has 1 aromatic carbocycles. The van der Waals surface area contributed by atoms with Crippen LogP contribution in [0.25, 0.3) is 5.57 Å². The first kappa shape index (κ1) is 15.8. The van der Waals surface area contributed by atoms with Gasteiger partial charge in [0.25, 0.3) is 0 Å². The first-order chi connectivity index (χ1) is 10.1. The smallest absolute Gasteiger partial charge is 0.0768 e. The minimum absolute atomic E-state index is 0.240. The van der Waals surface area contributed by atoms with Gasteiger partial charge in [-0.15, -0.1) is 0 Å². The zero-order valence-electron chi connectivity index (χ0n) is 13.5.